The zero-order valence-corrected chi connectivity index (χ0v) is 15.6. The standard InChI is InChI=1S/C18H21BrN2O3/c1-21(11-13-6-4-5-7-15(13)19)12-18(22)20-16-9-8-14(23-2)10-17(16)24-3/h4-10H,11-12H2,1-3H3,(H,20,22). The first-order chi connectivity index (χ1) is 11.5. The molecule has 0 radical (unpaired) electrons. The van der Waals surface area contributed by atoms with Crippen LogP contribution in [0.4, 0.5) is 5.69 Å². The fourth-order valence-corrected chi connectivity index (χ4v) is 2.72. The van der Waals surface area contributed by atoms with E-state index in [-0.39, 0.29) is 12.5 Å². The second kappa shape index (κ2) is 8.70. The molecule has 0 aliphatic heterocycles. The predicted molar refractivity (Wildman–Crippen MR) is 98.7 cm³/mol. The van der Waals surface area contributed by atoms with Gasteiger partial charge in [0, 0.05) is 17.1 Å². The van der Waals surface area contributed by atoms with Gasteiger partial charge in [-0.2, -0.15) is 0 Å². The fourth-order valence-electron chi connectivity index (χ4n) is 2.31. The van der Waals surface area contributed by atoms with Crippen LogP contribution in [0.1, 0.15) is 5.56 Å². The number of methoxy groups -OCH3 is 2. The smallest absolute Gasteiger partial charge is 0.238 e. The van der Waals surface area contributed by atoms with E-state index in [2.05, 4.69) is 21.2 Å². The third kappa shape index (κ3) is 4.97. The number of rotatable bonds is 7. The lowest BCUT2D eigenvalue weighted by Gasteiger charge is -2.18. The van der Waals surface area contributed by atoms with E-state index in [0.717, 1.165) is 10.0 Å². The van der Waals surface area contributed by atoms with Crippen molar-refractivity contribution in [2.24, 2.45) is 0 Å². The van der Waals surface area contributed by atoms with Gasteiger partial charge in [-0.15, -0.1) is 0 Å². The topological polar surface area (TPSA) is 50.8 Å². The van der Waals surface area contributed by atoms with Gasteiger partial charge in [-0.1, -0.05) is 34.1 Å². The molecular weight excluding hydrogens is 372 g/mol. The molecule has 0 bridgehead atoms. The molecule has 0 aromatic heterocycles. The normalized spacial score (nSPS) is 10.5. The van der Waals surface area contributed by atoms with Gasteiger partial charge in [-0.25, -0.2) is 0 Å². The molecular formula is C18H21BrN2O3. The van der Waals surface area contributed by atoms with Crippen LogP contribution in [0.25, 0.3) is 0 Å². The lowest BCUT2D eigenvalue weighted by atomic mass is 10.2. The van der Waals surface area contributed by atoms with Crippen LogP contribution in [-0.2, 0) is 11.3 Å². The average Bonchev–Trinajstić information content (AvgIpc) is 2.57. The van der Waals surface area contributed by atoms with Gasteiger partial charge in [-0.05, 0) is 30.8 Å². The van der Waals surface area contributed by atoms with E-state index in [1.165, 1.54) is 0 Å². The Morgan fingerprint density at radius 1 is 1.17 bits per heavy atom. The minimum atomic E-state index is -0.104. The number of benzene rings is 2. The van der Waals surface area contributed by atoms with Crippen LogP contribution in [0.3, 0.4) is 0 Å². The summed E-state index contributed by atoms with van der Waals surface area (Å²) in [5.41, 5.74) is 1.76. The molecule has 128 valence electrons. The first-order valence-corrected chi connectivity index (χ1v) is 8.26. The molecule has 2 rings (SSSR count). The number of amides is 1. The highest BCUT2D eigenvalue weighted by Gasteiger charge is 2.12. The maximum Gasteiger partial charge on any atom is 0.238 e. The van der Waals surface area contributed by atoms with Crippen molar-refractivity contribution < 1.29 is 14.3 Å². The highest BCUT2D eigenvalue weighted by Crippen LogP contribution is 2.29. The summed E-state index contributed by atoms with van der Waals surface area (Å²) < 4.78 is 11.5. The second-order valence-corrected chi connectivity index (χ2v) is 6.23. The molecule has 24 heavy (non-hydrogen) atoms. The van der Waals surface area contributed by atoms with E-state index in [1.54, 1.807) is 32.4 Å². The molecule has 0 atom stereocenters. The second-order valence-electron chi connectivity index (χ2n) is 5.38. The fraction of sp³-hybridized carbons (Fsp3) is 0.278. The minimum Gasteiger partial charge on any atom is -0.497 e. The number of likely N-dealkylation sites (N-methyl/N-ethyl adjacent to an activating group) is 1. The summed E-state index contributed by atoms with van der Waals surface area (Å²) in [6.07, 6.45) is 0. The number of carbonyl (C=O) groups excluding carboxylic acids is 1. The van der Waals surface area contributed by atoms with E-state index >= 15 is 0 Å². The Bertz CT molecular complexity index is 706. The van der Waals surface area contributed by atoms with Crippen molar-refractivity contribution >= 4 is 27.5 Å². The van der Waals surface area contributed by atoms with Crippen LogP contribution in [0.2, 0.25) is 0 Å². The first kappa shape index (κ1) is 18.3. The molecule has 5 nitrogen and oxygen atoms in total. The van der Waals surface area contributed by atoms with Crippen molar-refractivity contribution in [1.82, 2.24) is 4.90 Å². The SMILES string of the molecule is COc1ccc(NC(=O)CN(C)Cc2ccccc2Br)c(OC)c1. The van der Waals surface area contributed by atoms with Gasteiger partial charge in [0.2, 0.25) is 5.91 Å². The van der Waals surface area contributed by atoms with E-state index in [0.29, 0.717) is 23.7 Å². The Balaban J connectivity index is 1.96. The molecule has 0 fully saturated rings. The highest BCUT2D eigenvalue weighted by molar-refractivity contribution is 9.10. The van der Waals surface area contributed by atoms with Gasteiger partial charge < -0.3 is 14.8 Å². The third-order valence-electron chi connectivity index (χ3n) is 3.49. The summed E-state index contributed by atoms with van der Waals surface area (Å²) in [5.74, 6) is 1.14. The van der Waals surface area contributed by atoms with Gasteiger partial charge >= 0.3 is 0 Å². The maximum absolute atomic E-state index is 12.3. The number of carbonyl (C=O) groups is 1. The molecule has 0 aliphatic carbocycles. The largest absolute Gasteiger partial charge is 0.497 e. The van der Waals surface area contributed by atoms with Crippen molar-refractivity contribution in [2.45, 2.75) is 6.54 Å². The number of ether oxygens (including phenoxy) is 2. The van der Waals surface area contributed by atoms with Crippen molar-refractivity contribution in [1.29, 1.82) is 0 Å². The molecule has 2 aromatic rings. The molecule has 1 amide bonds. The Hall–Kier alpha value is -2.05. The average molecular weight is 393 g/mol. The lowest BCUT2D eigenvalue weighted by Crippen LogP contribution is -2.30. The van der Waals surface area contributed by atoms with Crippen LogP contribution in [0.5, 0.6) is 11.5 Å². The maximum atomic E-state index is 12.3. The quantitative estimate of drug-likeness (QED) is 0.782. The molecule has 0 heterocycles. The van der Waals surface area contributed by atoms with Crippen molar-refractivity contribution in [2.75, 3.05) is 33.1 Å². The van der Waals surface area contributed by atoms with Crippen molar-refractivity contribution in [3.05, 3.63) is 52.5 Å². The third-order valence-corrected chi connectivity index (χ3v) is 4.27. The summed E-state index contributed by atoms with van der Waals surface area (Å²) in [6, 6.07) is 13.3. The van der Waals surface area contributed by atoms with Gasteiger partial charge in [0.05, 0.1) is 26.5 Å². The highest BCUT2D eigenvalue weighted by atomic mass is 79.9. The van der Waals surface area contributed by atoms with Gasteiger partial charge in [-0.3, -0.25) is 9.69 Å². The molecule has 1 N–H and O–H groups in total. The van der Waals surface area contributed by atoms with Crippen molar-refractivity contribution in [3.63, 3.8) is 0 Å². The van der Waals surface area contributed by atoms with Gasteiger partial charge in [0.15, 0.2) is 0 Å². The van der Waals surface area contributed by atoms with Crippen molar-refractivity contribution in [3.8, 4) is 11.5 Å². The molecule has 0 aliphatic rings. The van der Waals surface area contributed by atoms with E-state index in [4.69, 9.17) is 9.47 Å². The van der Waals surface area contributed by atoms with Crippen LogP contribution >= 0.6 is 15.9 Å². The Labute approximate surface area is 150 Å². The van der Waals surface area contributed by atoms with E-state index in [9.17, 15) is 4.79 Å². The summed E-state index contributed by atoms with van der Waals surface area (Å²) in [4.78, 5) is 14.2. The molecule has 6 heteroatoms. The van der Waals surface area contributed by atoms with Crippen LogP contribution in [0, 0.1) is 0 Å². The zero-order chi connectivity index (χ0) is 17.5. The van der Waals surface area contributed by atoms with E-state index in [1.807, 2.05) is 36.2 Å². The van der Waals surface area contributed by atoms with Crippen LogP contribution in [-0.4, -0.2) is 38.6 Å². The minimum absolute atomic E-state index is 0.104. The summed E-state index contributed by atoms with van der Waals surface area (Å²) in [5, 5.41) is 2.87. The van der Waals surface area contributed by atoms with Crippen LogP contribution in [0.15, 0.2) is 46.9 Å². The molecule has 0 saturated heterocycles. The number of nitrogens with one attached hydrogen (secondary N) is 1. The summed E-state index contributed by atoms with van der Waals surface area (Å²) in [6.45, 7) is 0.950. The van der Waals surface area contributed by atoms with Gasteiger partial charge in [0.25, 0.3) is 0 Å². The Morgan fingerprint density at radius 2 is 1.92 bits per heavy atom. The summed E-state index contributed by atoms with van der Waals surface area (Å²) >= 11 is 3.52. The number of nitrogens with zero attached hydrogens (tertiary/aromatic N) is 1. The molecule has 2 aromatic carbocycles. The number of anilines is 1. The number of hydrogen-bond donors (Lipinski definition) is 1. The molecule has 0 spiro atoms. The number of halogens is 1. The Kier molecular flexibility index (Phi) is 6.63. The number of hydrogen-bond acceptors (Lipinski definition) is 4. The zero-order valence-electron chi connectivity index (χ0n) is 14.0. The Morgan fingerprint density at radius 3 is 2.58 bits per heavy atom. The van der Waals surface area contributed by atoms with Gasteiger partial charge in [0.1, 0.15) is 11.5 Å². The molecule has 0 unspecified atom stereocenters. The first-order valence-electron chi connectivity index (χ1n) is 7.47. The predicted octanol–water partition coefficient (Wildman–Crippen LogP) is 3.54. The molecule has 0 saturated carbocycles. The lowest BCUT2D eigenvalue weighted by molar-refractivity contribution is -0.117. The summed E-state index contributed by atoms with van der Waals surface area (Å²) in [7, 11) is 5.05. The van der Waals surface area contributed by atoms with E-state index < -0.39 is 0 Å². The monoisotopic (exact) mass is 392 g/mol. The van der Waals surface area contributed by atoms with Crippen LogP contribution < -0.4 is 14.8 Å².